The van der Waals surface area contributed by atoms with Gasteiger partial charge in [-0.1, -0.05) is 30.3 Å². The molecule has 0 bridgehead atoms. The van der Waals surface area contributed by atoms with Crippen LogP contribution < -0.4 is 16.0 Å². The number of rotatable bonds is 8. The Morgan fingerprint density at radius 3 is 2.48 bits per heavy atom. The van der Waals surface area contributed by atoms with Gasteiger partial charge in [0.1, 0.15) is 10.6 Å². The van der Waals surface area contributed by atoms with E-state index in [0.29, 0.717) is 10.6 Å². The number of carbonyl (C=O) groups excluding carboxylic acids is 4. The lowest BCUT2D eigenvalue weighted by molar-refractivity contribution is -0.127. The minimum absolute atomic E-state index is 0.0170. The summed E-state index contributed by atoms with van der Waals surface area (Å²) < 4.78 is 5.15. The third-order valence-corrected chi connectivity index (χ3v) is 5.22. The van der Waals surface area contributed by atoms with E-state index >= 15 is 0 Å². The van der Waals surface area contributed by atoms with Crippen molar-refractivity contribution in [2.24, 2.45) is 5.92 Å². The molecule has 0 aliphatic heterocycles. The van der Waals surface area contributed by atoms with Gasteiger partial charge in [-0.2, -0.15) is 0 Å². The summed E-state index contributed by atoms with van der Waals surface area (Å²) >= 11 is 1.24. The summed E-state index contributed by atoms with van der Waals surface area (Å²) in [5.41, 5.74) is 1.64. The third kappa shape index (κ3) is 5.41. The number of thiophene rings is 1. The van der Waals surface area contributed by atoms with Crippen LogP contribution in [0.3, 0.4) is 0 Å². The predicted octanol–water partition coefficient (Wildman–Crippen LogP) is 1.78. The SMILES string of the molecule is CNC(=O)CNC(=O)COC(=O)c1c(-c2ccccc2)csc1NC(=O)C1CC1. The Hall–Kier alpha value is -3.20. The quantitative estimate of drug-likeness (QED) is 0.569. The number of esters is 1. The second-order valence-corrected chi connectivity index (χ2v) is 7.39. The van der Waals surface area contributed by atoms with Gasteiger partial charge in [-0.05, 0) is 18.4 Å². The molecule has 3 amide bonds. The van der Waals surface area contributed by atoms with Gasteiger partial charge in [-0.15, -0.1) is 11.3 Å². The Bertz CT molecular complexity index is 921. The summed E-state index contributed by atoms with van der Waals surface area (Å²) in [6, 6.07) is 9.25. The zero-order chi connectivity index (χ0) is 20.8. The molecule has 0 saturated heterocycles. The zero-order valence-electron chi connectivity index (χ0n) is 15.8. The number of hydrogen-bond donors (Lipinski definition) is 3. The Balaban J connectivity index is 1.74. The minimum atomic E-state index is -0.716. The highest BCUT2D eigenvalue weighted by atomic mass is 32.1. The van der Waals surface area contributed by atoms with Crippen molar-refractivity contribution < 1.29 is 23.9 Å². The molecule has 1 fully saturated rings. The monoisotopic (exact) mass is 415 g/mol. The molecule has 3 N–H and O–H groups in total. The van der Waals surface area contributed by atoms with Gasteiger partial charge in [0.25, 0.3) is 5.91 Å². The molecule has 1 heterocycles. The topological polar surface area (TPSA) is 114 Å². The molecular weight excluding hydrogens is 394 g/mol. The van der Waals surface area contributed by atoms with Crippen LogP contribution in [0.25, 0.3) is 11.1 Å². The number of hydrogen-bond acceptors (Lipinski definition) is 6. The number of nitrogens with one attached hydrogen (secondary N) is 3. The van der Waals surface area contributed by atoms with Gasteiger partial charge < -0.3 is 20.7 Å². The fourth-order valence-electron chi connectivity index (χ4n) is 2.56. The van der Waals surface area contributed by atoms with Crippen molar-refractivity contribution in [2.75, 3.05) is 25.5 Å². The van der Waals surface area contributed by atoms with Gasteiger partial charge in [-0.25, -0.2) is 4.79 Å². The molecule has 1 saturated carbocycles. The van der Waals surface area contributed by atoms with Gasteiger partial charge in [0, 0.05) is 23.9 Å². The fourth-order valence-corrected chi connectivity index (χ4v) is 3.52. The van der Waals surface area contributed by atoms with E-state index < -0.39 is 18.5 Å². The molecule has 0 spiro atoms. The highest BCUT2D eigenvalue weighted by Crippen LogP contribution is 2.38. The Kier molecular flexibility index (Phi) is 6.61. The van der Waals surface area contributed by atoms with E-state index in [1.165, 1.54) is 18.4 Å². The van der Waals surface area contributed by atoms with Crippen LogP contribution in [0.5, 0.6) is 0 Å². The highest BCUT2D eigenvalue weighted by molar-refractivity contribution is 7.15. The number of carbonyl (C=O) groups is 4. The summed E-state index contributed by atoms with van der Waals surface area (Å²) in [5.74, 6) is -1.81. The molecule has 2 aromatic rings. The van der Waals surface area contributed by atoms with E-state index in [4.69, 9.17) is 4.74 Å². The summed E-state index contributed by atoms with van der Waals surface area (Å²) in [6.07, 6.45) is 1.68. The van der Waals surface area contributed by atoms with Crippen LogP contribution >= 0.6 is 11.3 Å². The first kappa shape index (κ1) is 20.5. The van der Waals surface area contributed by atoms with Gasteiger partial charge in [0.2, 0.25) is 11.8 Å². The van der Waals surface area contributed by atoms with E-state index in [1.807, 2.05) is 30.3 Å². The lowest BCUT2D eigenvalue weighted by Crippen LogP contribution is -2.37. The number of anilines is 1. The maximum atomic E-state index is 12.8. The predicted molar refractivity (Wildman–Crippen MR) is 108 cm³/mol. The van der Waals surface area contributed by atoms with Crippen LogP contribution in [-0.2, 0) is 19.1 Å². The van der Waals surface area contributed by atoms with Crippen LogP contribution in [0, 0.1) is 5.92 Å². The van der Waals surface area contributed by atoms with E-state index in [-0.39, 0.29) is 29.8 Å². The Morgan fingerprint density at radius 1 is 1.10 bits per heavy atom. The van der Waals surface area contributed by atoms with Gasteiger partial charge in [-0.3, -0.25) is 14.4 Å². The van der Waals surface area contributed by atoms with Crippen molar-refractivity contribution in [3.05, 3.63) is 41.3 Å². The van der Waals surface area contributed by atoms with Crippen LogP contribution in [0.15, 0.2) is 35.7 Å². The van der Waals surface area contributed by atoms with Crippen LogP contribution in [-0.4, -0.2) is 43.9 Å². The number of ether oxygens (including phenoxy) is 1. The highest BCUT2D eigenvalue weighted by Gasteiger charge is 2.32. The molecule has 0 unspecified atom stereocenters. The number of benzene rings is 1. The second-order valence-electron chi connectivity index (χ2n) is 6.51. The average molecular weight is 415 g/mol. The number of amides is 3. The summed E-state index contributed by atoms with van der Waals surface area (Å²) in [4.78, 5) is 47.9. The van der Waals surface area contributed by atoms with Crippen molar-refractivity contribution in [1.82, 2.24) is 10.6 Å². The third-order valence-electron chi connectivity index (χ3n) is 4.32. The van der Waals surface area contributed by atoms with E-state index in [2.05, 4.69) is 16.0 Å². The van der Waals surface area contributed by atoms with E-state index in [1.54, 1.807) is 5.38 Å². The molecule has 1 aliphatic rings. The maximum Gasteiger partial charge on any atom is 0.342 e. The smallest absolute Gasteiger partial charge is 0.342 e. The van der Waals surface area contributed by atoms with Crippen molar-refractivity contribution in [2.45, 2.75) is 12.8 Å². The molecule has 3 rings (SSSR count). The maximum absolute atomic E-state index is 12.8. The summed E-state index contributed by atoms with van der Waals surface area (Å²) in [6.45, 7) is -0.737. The van der Waals surface area contributed by atoms with Crippen molar-refractivity contribution in [1.29, 1.82) is 0 Å². The molecule has 9 heteroatoms. The van der Waals surface area contributed by atoms with Crippen LogP contribution in [0.1, 0.15) is 23.2 Å². The molecule has 0 atom stereocenters. The summed E-state index contributed by atoms with van der Waals surface area (Å²) in [5, 5.41) is 9.71. The van der Waals surface area contributed by atoms with E-state index in [0.717, 1.165) is 18.4 Å². The molecular formula is C20H21N3O5S. The standard InChI is InChI=1S/C20H21N3O5S/c1-21-15(24)9-22-16(25)10-28-20(27)17-14(12-5-3-2-4-6-12)11-29-19(17)23-18(26)13-7-8-13/h2-6,11,13H,7-10H2,1H3,(H,21,24)(H,22,25)(H,23,26). The zero-order valence-corrected chi connectivity index (χ0v) is 16.6. The van der Waals surface area contributed by atoms with E-state index in [9.17, 15) is 19.2 Å². The number of likely N-dealkylation sites (N-methyl/N-ethyl adjacent to an activating group) is 1. The largest absolute Gasteiger partial charge is 0.452 e. The molecule has 1 aromatic carbocycles. The fraction of sp³-hybridized carbons (Fsp3) is 0.300. The molecule has 0 radical (unpaired) electrons. The Morgan fingerprint density at radius 2 is 1.83 bits per heavy atom. The lowest BCUT2D eigenvalue weighted by Gasteiger charge is -2.10. The lowest BCUT2D eigenvalue weighted by atomic mass is 10.0. The first-order valence-corrected chi connectivity index (χ1v) is 9.99. The van der Waals surface area contributed by atoms with Crippen LogP contribution in [0.2, 0.25) is 0 Å². The van der Waals surface area contributed by atoms with Crippen molar-refractivity contribution in [3.63, 3.8) is 0 Å². The normalized spacial score (nSPS) is 12.7. The average Bonchev–Trinajstić information content (AvgIpc) is 3.51. The molecule has 1 aliphatic carbocycles. The molecule has 152 valence electrons. The Labute approximate surface area is 171 Å². The minimum Gasteiger partial charge on any atom is -0.452 e. The van der Waals surface area contributed by atoms with Gasteiger partial charge in [0.15, 0.2) is 6.61 Å². The molecule has 29 heavy (non-hydrogen) atoms. The molecule has 1 aromatic heterocycles. The van der Waals surface area contributed by atoms with Gasteiger partial charge >= 0.3 is 5.97 Å². The van der Waals surface area contributed by atoms with Crippen molar-refractivity contribution in [3.8, 4) is 11.1 Å². The summed E-state index contributed by atoms with van der Waals surface area (Å²) in [7, 11) is 1.45. The first-order valence-electron chi connectivity index (χ1n) is 9.11. The second kappa shape index (κ2) is 9.33. The van der Waals surface area contributed by atoms with Gasteiger partial charge in [0.05, 0.1) is 6.54 Å². The van der Waals surface area contributed by atoms with Crippen LogP contribution in [0.4, 0.5) is 5.00 Å². The first-order chi connectivity index (χ1) is 14.0. The molecule has 8 nitrogen and oxygen atoms in total. The van der Waals surface area contributed by atoms with Crippen molar-refractivity contribution >= 4 is 40.0 Å².